The van der Waals surface area contributed by atoms with Gasteiger partial charge in [-0.25, -0.2) is 9.59 Å². The van der Waals surface area contributed by atoms with Crippen LogP contribution in [0.2, 0.25) is 0 Å². The zero-order chi connectivity index (χ0) is 26.0. The van der Waals surface area contributed by atoms with E-state index in [4.69, 9.17) is 9.47 Å². The molecule has 35 heavy (non-hydrogen) atoms. The minimum Gasteiger partial charge on any atom is -0.457 e. The van der Waals surface area contributed by atoms with E-state index in [-0.39, 0.29) is 24.3 Å². The van der Waals surface area contributed by atoms with Crippen molar-refractivity contribution in [2.24, 2.45) is 11.8 Å². The van der Waals surface area contributed by atoms with E-state index in [1.54, 1.807) is 13.0 Å². The van der Waals surface area contributed by atoms with Crippen LogP contribution in [0.4, 0.5) is 4.79 Å². The van der Waals surface area contributed by atoms with Gasteiger partial charge in [-0.3, -0.25) is 9.59 Å². The van der Waals surface area contributed by atoms with Gasteiger partial charge >= 0.3 is 12.1 Å². The van der Waals surface area contributed by atoms with Crippen LogP contribution in [-0.2, 0) is 30.5 Å². The van der Waals surface area contributed by atoms with Gasteiger partial charge in [0.1, 0.15) is 24.8 Å². The maximum atomic E-state index is 13.1. The Balaban J connectivity index is 2.03. The third-order valence-corrected chi connectivity index (χ3v) is 5.42. The van der Waals surface area contributed by atoms with E-state index in [1.165, 1.54) is 6.08 Å². The van der Waals surface area contributed by atoms with Crippen molar-refractivity contribution in [3.63, 3.8) is 0 Å². The van der Waals surface area contributed by atoms with Crippen molar-refractivity contribution in [1.29, 1.82) is 0 Å². The maximum Gasteiger partial charge on any atom is 0.408 e. The fraction of sp³-hybridized carbons (Fsp3) is 0.538. The molecule has 0 saturated carbocycles. The summed E-state index contributed by atoms with van der Waals surface area (Å²) in [6.45, 7) is 9.54. The first-order valence-corrected chi connectivity index (χ1v) is 12.0. The number of ether oxygens (including phenoxy) is 2. The van der Waals surface area contributed by atoms with Crippen LogP contribution in [0.3, 0.4) is 0 Å². The van der Waals surface area contributed by atoms with Crippen LogP contribution in [0.15, 0.2) is 42.5 Å². The molecular formula is C26H37N3O6. The second kappa shape index (κ2) is 13.5. The van der Waals surface area contributed by atoms with Gasteiger partial charge in [0.25, 0.3) is 0 Å². The lowest BCUT2D eigenvalue weighted by molar-refractivity contribution is -0.145. The van der Waals surface area contributed by atoms with Gasteiger partial charge in [0.15, 0.2) is 0 Å². The molecule has 192 valence electrons. The van der Waals surface area contributed by atoms with E-state index in [0.717, 1.165) is 5.56 Å². The van der Waals surface area contributed by atoms with Crippen molar-refractivity contribution in [1.82, 2.24) is 16.0 Å². The Hall–Kier alpha value is -3.36. The molecule has 1 heterocycles. The fourth-order valence-corrected chi connectivity index (χ4v) is 3.65. The van der Waals surface area contributed by atoms with Crippen LogP contribution in [0.1, 0.15) is 53.0 Å². The van der Waals surface area contributed by atoms with Crippen molar-refractivity contribution < 1.29 is 28.7 Å². The van der Waals surface area contributed by atoms with E-state index in [0.29, 0.717) is 12.8 Å². The van der Waals surface area contributed by atoms with Gasteiger partial charge in [-0.05, 0) is 37.2 Å². The molecular weight excluding hydrogens is 450 g/mol. The lowest BCUT2D eigenvalue weighted by Gasteiger charge is -2.29. The zero-order valence-electron chi connectivity index (χ0n) is 21.1. The standard InChI is InChI=1S/C26H37N3O6/c1-16(2)13-21(24(31)27-20-11-12-23(30)35-18(20)5)28-25(32)22(14-17(3)4)29-26(33)34-15-19-9-7-6-8-10-19/h6-12,16-18,20-22H,13-15H2,1-5H3,(H,27,31)(H,28,32)(H,29,33)/t18-,20-,21+,22+/m1/s1. The molecule has 2 rings (SSSR count). The number of rotatable bonds is 11. The summed E-state index contributed by atoms with van der Waals surface area (Å²) in [4.78, 5) is 49.9. The second-order valence-electron chi connectivity index (χ2n) is 9.61. The molecule has 1 aromatic carbocycles. The monoisotopic (exact) mass is 487 g/mol. The Morgan fingerprint density at radius 1 is 0.943 bits per heavy atom. The van der Waals surface area contributed by atoms with Crippen LogP contribution in [0, 0.1) is 11.8 Å². The van der Waals surface area contributed by atoms with Crippen molar-refractivity contribution in [2.45, 2.75) is 78.3 Å². The number of nitrogens with one attached hydrogen (secondary N) is 3. The molecule has 3 amide bonds. The van der Waals surface area contributed by atoms with E-state index in [9.17, 15) is 19.2 Å². The molecule has 9 heteroatoms. The number of hydrogen-bond acceptors (Lipinski definition) is 6. The van der Waals surface area contributed by atoms with Crippen LogP contribution in [0.5, 0.6) is 0 Å². The van der Waals surface area contributed by atoms with Crippen LogP contribution >= 0.6 is 0 Å². The highest BCUT2D eigenvalue weighted by Crippen LogP contribution is 2.12. The highest BCUT2D eigenvalue weighted by atomic mass is 16.6. The number of benzene rings is 1. The van der Waals surface area contributed by atoms with Gasteiger partial charge in [-0.2, -0.15) is 0 Å². The van der Waals surface area contributed by atoms with Crippen molar-refractivity contribution in [2.75, 3.05) is 0 Å². The molecule has 0 unspecified atom stereocenters. The average Bonchev–Trinajstić information content (AvgIpc) is 2.78. The Bertz CT molecular complexity index is 900. The summed E-state index contributed by atoms with van der Waals surface area (Å²) in [6.07, 6.45) is 2.39. The van der Waals surface area contributed by atoms with Crippen LogP contribution < -0.4 is 16.0 Å². The first-order chi connectivity index (χ1) is 16.5. The van der Waals surface area contributed by atoms with Gasteiger partial charge in [-0.15, -0.1) is 0 Å². The lowest BCUT2D eigenvalue weighted by Crippen LogP contribution is -2.56. The van der Waals surface area contributed by atoms with E-state index in [1.807, 2.05) is 58.0 Å². The summed E-state index contributed by atoms with van der Waals surface area (Å²) in [5.41, 5.74) is 0.831. The molecule has 0 aromatic heterocycles. The first kappa shape index (κ1) is 27.9. The third-order valence-electron chi connectivity index (χ3n) is 5.42. The molecule has 0 aliphatic carbocycles. The summed E-state index contributed by atoms with van der Waals surface area (Å²) in [6, 6.07) is 7.05. The van der Waals surface area contributed by atoms with Gasteiger partial charge in [0.2, 0.25) is 11.8 Å². The lowest BCUT2D eigenvalue weighted by atomic mass is 9.99. The van der Waals surface area contributed by atoms with Gasteiger partial charge < -0.3 is 25.4 Å². The molecule has 3 N–H and O–H groups in total. The van der Waals surface area contributed by atoms with Crippen LogP contribution in [0.25, 0.3) is 0 Å². The van der Waals surface area contributed by atoms with Gasteiger partial charge in [0.05, 0.1) is 6.04 Å². The maximum absolute atomic E-state index is 13.1. The highest BCUT2D eigenvalue weighted by Gasteiger charge is 2.31. The molecule has 1 aliphatic heterocycles. The minimum absolute atomic E-state index is 0.0821. The smallest absolute Gasteiger partial charge is 0.408 e. The number of carbonyl (C=O) groups is 4. The summed E-state index contributed by atoms with van der Waals surface area (Å²) in [7, 11) is 0. The molecule has 0 saturated heterocycles. The topological polar surface area (TPSA) is 123 Å². The number of esters is 1. The van der Waals surface area contributed by atoms with Crippen molar-refractivity contribution in [3.8, 4) is 0 Å². The molecule has 0 spiro atoms. The summed E-state index contributed by atoms with van der Waals surface area (Å²) in [5.74, 6) is -1.08. The van der Waals surface area contributed by atoms with Gasteiger partial charge in [0, 0.05) is 6.08 Å². The normalized spacial score (nSPS) is 19.0. The first-order valence-electron chi connectivity index (χ1n) is 12.0. The van der Waals surface area contributed by atoms with Crippen molar-refractivity contribution >= 4 is 23.9 Å². The Labute approximate surface area is 207 Å². The Morgan fingerprint density at radius 2 is 1.54 bits per heavy atom. The van der Waals surface area contributed by atoms with Crippen molar-refractivity contribution in [3.05, 3.63) is 48.0 Å². The minimum atomic E-state index is -0.866. The molecule has 0 bridgehead atoms. The summed E-state index contributed by atoms with van der Waals surface area (Å²) in [5, 5.41) is 8.26. The average molecular weight is 488 g/mol. The molecule has 0 radical (unpaired) electrons. The molecule has 4 atom stereocenters. The molecule has 1 aromatic rings. The number of carbonyl (C=O) groups excluding carboxylic acids is 4. The number of alkyl carbamates (subject to hydrolysis) is 1. The van der Waals surface area contributed by atoms with E-state index in [2.05, 4.69) is 16.0 Å². The predicted molar refractivity (Wildman–Crippen MR) is 131 cm³/mol. The fourth-order valence-electron chi connectivity index (χ4n) is 3.65. The SMILES string of the molecule is CC(C)C[C@H](NC(=O)OCc1ccccc1)C(=O)N[C@@H](CC(C)C)C(=O)N[C@@H]1C=CC(=O)O[C@@H]1C. The summed E-state index contributed by atoms with van der Waals surface area (Å²) >= 11 is 0. The zero-order valence-corrected chi connectivity index (χ0v) is 21.1. The number of cyclic esters (lactones) is 1. The van der Waals surface area contributed by atoms with E-state index >= 15 is 0 Å². The highest BCUT2D eigenvalue weighted by molar-refractivity contribution is 5.91. The Kier molecular flexibility index (Phi) is 10.8. The Morgan fingerprint density at radius 3 is 2.11 bits per heavy atom. The quantitative estimate of drug-likeness (QED) is 0.413. The van der Waals surface area contributed by atoms with Crippen LogP contribution in [-0.4, -0.2) is 48.1 Å². The number of hydrogen-bond donors (Lipinski definition) is 3. The second-order valence-corrected chi connectivity index (χ2v) is 9.61. The molecule has 0 fully saturated rings. The summed E-state index contributed by atoms with van der Waals surface area (Å²) < 4.78 is 10.4. The predicted octanol–water partition coefficient (Wildman–Crippen LogP) is 2.84. The van der Waals surface area contributed by atoms with E-state index < -0.39 is 42.2 Å². The third kappa shape index (κ3) is 9.80. The molecule has 9 nitrogen and oxygen atoms in total. The van der Waals surface area contributed by atoms with Gasteiger partial charge in [-0.1, -0.05) is 64.1 Å². The number of amides is 3. The largest absolute Gasteiger partial charge is 0.457 e. The molecule has 1 aliphatic rings.